The number of aliphatic hydroxyl groups is 1. The molecule has 0 aromatic heterocycles. The van der Waals surface area contributed by atoms with Crippen LogP contribution in [0, 0.1) is 0 Å². The third-order valence-corrected chi connectivity index (χ3v) is 5.84. The molecule has 0 saturated carbocycles. The molecule has 0 aromatic rings. The molecule has 0 aliphatic heterocycles. The molecule has 0 bridgehead atoms. The van der Waals surface area contributed by atoms with Gasteiger partial charge in [0.05, 0.1) is 13.2 Å². The molecule has 0 aliphatic rings. The van der Waals surface area contributed by atoms with Gasteiger partial charge in [-0.05, 0) is 38.5 Å². The normalized spacial score (nSPS) is 12.5. The van der Waals surface area contributed by atoms with Crippen LogP contribution in [0.15, 0.2) is 12.2 Å². The standard InChI is InChI=1S/C28H54O4/c1-3-5-7-9-10-11-12-13-14-15-16-17-18-19-20-22-24-31-26-27(25-29)32-28(30)23-21-8-6-4-2/h13-14,27,29H,3-12,15-26H2,1-2H3/b14-13-. The summed E-state index contributed by atoms with van der Waals surface area (Å²) in [5.74, 6) is -0.221. The average molecular weight is 455 g/mol. The molecular formula is C28H54O4. The summed E-state index contributed by atoms with van der Waals surface area (Å²) < 4.78 is 10.9. The minimum absolute atomic E-state index is 0.173. The van der Waals surface area contributed by atoms with E-state index in [4.69, 9.17) is 9.47 Å². The monoisotopic (exact) mass is 454 g/mol. The van der Waals surface area contributed by atoms with Crippen molar-refractivity contribution in [3.63, 3.8) is 0 Å². The van der Waals surface area contributed by atoms with E-state index in [0.717, 1.165) is 32.1 Å². The zero-order chi connectivity index (χ0) is 23.5. The largest absolute Gasteiger partial charge is 0.457 e. The second kappa shape index (κ2) is 26.4. The maximum absolute atomic E-state index is 11.8. The minimum Gasteiger partial charge on any atom is -0.457 e. The molecule has 1 atom stereocenters. The summed E-state index contributed by atoms with van der Waals surface area (Å²) >= 11 is 0. The number of hydrogen-bond donors (Lipinski definition) is 1. The summed E-state index contributed by atoms with van der Waals surface area (Å²) in [7, 11) is 0. The van der Waals surface area contributed by atoms with Gasteiger partial charge in [0.1, 0.15) is 6.10 Å². The number of aliphatic hydroxyl groups excluding tert-OH is 1. The molecule has 4 nitrogen and oxygen atoms in total. The zero-order valence-electron chi connectivity index (χ0n) is 21.5. The summed E-state index contributed by atoms with van der Waals surface area (Å²) in [6.45, 7) is 5.21. The van der Waals surface area contributed by atoms with Crippen LogP contribution in [0.1, 0.15) is 136 Å². The Bertz CT molecular complexity index is 408. The van der Waals surface area contributed by atoms with Crippen molar-refractivity contribution in [2.75, 3.05) is 19.8 Å². The smallest absolute Gasteiger partial charge is 0.306 e. The Labute approximate surface area is 199 Å². The highest BCUT2D eigenvalue weighted by atomic mass is 16.6. The van der Waals surface area contributed by atoms with Crippen molar-refractivity contribution in [1.29, 1.82) is 0 Å². The second-order valence-electron chi connectivity index (χ2n) is 9.12. The first-order valence-corrected chi connectivity index (χ1v) is 13.8. The lowest BCUT2D eigenvalue weighted by Crippen LogP contribution is -2.27. The van der Waals surface area contributed by atoms with Crippen LogP contribution in [0.2, 0.25) is 0 Å². The highest BCUT2D eigenvalue weighted by Gasteiger charge is 2.13. The maximum atomic E-state index is 11.8. The first-order chi connectivity index (χ1) is 15.7. The summed E-state index contributed by atoms with van der Waals surface area (Å²) in [6, 6.07) is 0. The molecule has 0 aliphatic carbocycles. The fourth-order valence-corrected chi connectivity index (χ4v) is 3.73. The van der Waals surface area contributed by atoms with Crippen LogP contribution in [-0.4, -0.2) is 37.0 Å². The van der Waals surface area contributed by atoms with Crippen molar-refractivity contribution >= 4 is 5.97 Å². The number of ether oxygens (including phenoxy) is 2. The lowest BCUT2D eigenvalue weighted by molar-refractivity contribution is -0.154. The van der Waals surface area contributed by atoms with Gasteiger partial charge in [0.15, 0.2) is 0 Å². The van der Waals surface area contributed by atoms with Gasteiger partial charge in [-0.1, -0.05) is 103 Å². The Morgan fingerprint density at radius 1 is 0.719 bits per heavy atom. The van der Waals surface area contributed by atoms with E-state index in [1.165, 1.54) is 83.5 Å². The van der Waals surface area contributed by atoms with Gasteiger partial charge in [-0.2, -0.15) is 0 Å². The molecule has 4 heteroatoms. The van der Waals surface area contributed by atoms with Gasteiger partial charge in [-0.3, -0.25) is 4.79 Å². The lowest BCUT2D eigenvalue weighted by Gasteiger charge is -2.15. The fourth-order valence-electron chi connectivity index (χ4n) is 3.73. The zero-order valence-corrected chi connectivity index (χ0v) is 21.5. The Morgan fingerprint density at radius 2 is 1.22 bits per heavy atom. The molecule has 1 N–H and O–H groups in total. The number of esters is 1. The Hall–Kier alpha value is -0.870. The van der Waals surface area contributed by atoms with E-state index in [1.54, 1.807) is 0 Å². The van der Waals surface area contributed by atoms with E-state index in [9.17, 15) is 9.90 Å². The number of carbonyl (C=O) groups excluding carboxylic acids is 1. The topological polar surface area (TPSA) is 55.8 Å². The third-order valence-electron chi connectivity index (χ3n) is 5.84. The summed E-state index contributed by atoms with van der Waals surface area (Å²) in [4.78, 5) is 11.8. The van der Waals surface area contributed by atoms with E-state index < -0.39 is 6.10 Å². The first kappa shape index (κ1) is 31.1. The SMILES string of the molecule is CCCCCCCC/C=C\CCCCCCCCOCC(CO)OC(=O)CCCCCC. The quantitative estimate of drug-likeness (QED) is 0.0864. The van der Waals surface area contributed by atoms with Crippen molar-refractivity contribution in [3.8, 4) is 0 Å². The molecule has 0 radical (unpaired) electrons. The Morgan fingerprint density at radius 3 is 1.78 bits per heavy atom. The molecule has 0 amide bonds. The summed E-state index contributed by atoms with van der Waals surface area (Å²) in [5.41, 5.74) is 0. The van der Waals surface area contributed by atoms with Crippen molar-refractivity contribution < 1.29 is 19.4 Å². The lowest BCUT2D eigenvalue weighted by atomic mass is 10.1. The molecule has 0 rings (SSSR count). The Kier molecular flexibility index (Phi) is 25.7. The van der Waals surface area contributed by atoms with E-state index in [0.29, 0.717) is 19.6 Å². The van der Waals surface area contributed by atoms with E-state index in [2.05, 4.69) is 26.0 Å². The molecular weight excluding hydrogens is 400 g/mol. The number of hydrogen-bond acceptors (Lipinski definition) is 4. The van der Waals surface area contributed by atoms with Crippen LogP contribution < -0.4 is 0 Å². The van der Waals surface area contributed by atoms with Crippen molar-refractivity contribution in [1.82, 2.24) is 0 Å². The molecule has 190 valence electrons. The Balaban J connectivity index is 3.38. The number of rotatable bonds is 25. The van der Waals surface area contributed by atoms with E-state index in [1.807, 2.05) is 0 Å². The molecule has 32 heavy (non-hydrogen) atoms. The van der Waals surface area contributed by atoms with Gasteiger partial charge in [0.2, 0.25) is 0 Å². The number of carbonyl (C=O) groups is 1. The maximum Gasteiger partial charge on any atom is 0.306 e. The predicted octanol–water partition coefficient (Wildman–Crippen LogP) is 7.92. The van der Waals surface area contributed by atoms with Gasteiger partial charge in [-0.15, -0.1) is 0 Å². The summed E-state index contributed by atoms with van der Waals surface area (Å²) in [6.07, 6.45) is 27.0. The molecule has 0 saturated heterocycles. The second-order valence-corrected chi connectivity index (χ2v) is 9.12. The molecule has 0 aromatic carbocycles. The van der Waals surface area contributed by atoms with Crippen LogP contribution in [0.25, 0.3) is 0 Å². The van der Waals surface area contributed by atoms with E-state index in [-0.39, 0.29) is 12.6 Å². The fraction of sp³-hybridized carbons (Fsp3) is 0.893. The minimum atomic E-state index is -0.525. The van der Waals surface area contributed by atoms with Crippen molar-refractivity contribution in [2.45, 2.75) is 142 Å². The van der Waals surface area contributed by atoms with Crippen LogP contribution in [0.5, 0.6) is 0 Å². The van der Waals surface area contributed by atoms with Gasteiger partial charge < -0.3 is 14.6 Å². The molecule has 1 unspecified atom stereocenters. The van der Waals surface area contributed by atoms with Gasteiger partial charge in [-0.25, -0.2) is 0 Å². The van der Waals surface area contributed by atoms with Crippen molar-refractivity contribution in [3.05, 3.63) is 12.2 Å². The van der Waals surface area contributed by atoms with Gasteiger partial charge in [0.25, 0.3) is 0 Å². The first-order valence-electron chi connectivity index (χ1n) is 13.8. The van der Waals surface area contributed by atoms with Crippen LogP contribution in [0.3, 0.4) is 0 Å². The highest BCUT2D eigenvalue weighted by molar-refractivity contribution is 5.69. The number of unbranched alkanes of at least 4 members (excludes halogenated alkanes) is 15. The molecule has 0 heterocycles. The van der Waals surface area contributed by atoms with Crippen LogP contribution >= 0.6 is 0 Å². The van der Waals surface area contributed by atoms with Gasteiger partial charge in [0, 0.05) is 13.0 Å². The summed E-state index contributed by atoms with van der Waals surface area (Å²) in [5, 5.41) is 9.37. The average Bonchev–Trinajstić information content (AvgIpc) is 2.80. The van der Waals surface area contributed by atoms with Gasteiger partial charge >= 0.3 is 5.97 Å². The molecule has 0 fully saturated rings. The molecule has 0 spiro atoms. The van der Waals surface area contributed by atoms with Crippen LogP contribution in [-0.2, 0) is 14.3 Å². The van der Waals surface area contributed by atoms with Crippen molar-refractivity contribution in [2.24, 2.45) is 0 Å². The van der Waals surface area contributed by atoms with Crippen LogP contribution in [0.4, 0.5) is 0 Å². The predicted molar refractivity (Wildman–Crippen MR) is 136 cm³/mol. The highest BCUT2D eigenvalue weighted by Crippen LogP contribution is 2.10. The van der Waals surface area contributed by atoms with E-state index >= 15 is 0 Å². The number of allylic oxidation sites excluding steroid dienone is 2. The third kappa shape index (κ3) is 23.8.